The highest BCUT2D eigenvalue weighted by Gasteiger charge is 2.31. The maximum atomic E-state index is 15.5. The molecule has 11 heteroatoms. The Morgan fingerprint density at radius 1 is 1.29 bits per heavy atom. The summed E-state index contributed by atoms with van der Waals surface area (Å²) < 4.78 is 40.2. The van der Waals surface area contributed by atoms with Gasteiger partial charge in [-0.3, -0.25) is 4.79 Å². The third kappa shape index (κ3) is 4.62. The minimum absolute atomic E-state index is 0.00371. The van der Waals surface area contributed by atoms with Crippen LogP contribution in [-0.4, -0.2) is 53.9 Å². The number of aromatic amines is 1. The fourth-order valence-electron chi connectivity index (χ4n) is 4.03. The zero-order valence-electron chi connectivity index (χ0n) is 19.9. The largest absolute Gasteiger partial charge is 0.342 e. The number of pyridine rings is 1. The molecule has 2 heterocycles. The van der Waals surface area contributed by atoms with Gasteiger partial charge in [-0.25, -0.2) is 27.1 Å². The van der Waals surface area contributed by atoms with Gasteiger partial charge in [0.2, 0.25) is 15.9 Å². The first-order chi connectivity index (χ1) is 16.0. The molecule has 34 heavy (non-hydrogen) atoms. The summed E-state index contributed by atoms with van der Waals surface area (Å²) in [5.74, 6) is 0.275. The van der Waals surface area contributed by atoms with Crippen molar-refractivity contribution >= 4 is 44.3 Å². The van der Waals surface area contributed by atoms with E-state index >= 15 is 4.39 Å². The number of halogens is 1. The van der Waals surface area contributed by atoms with Crippen LogP contribution in [0.5, 0.6) is 0 Å². The van der Waals surface area contributed by atoms with Gasteiger partial charge in [-0.05, 0) is 43.4 Å². The van der Waals surface area contributed by atoms with Gasteiger partial charge in [-0.15, -0.1) is 0 Å². The predicted molar refractivity (Wildman–Crippen MR) is 130 cm³/mol. The molecule has 1 fully saturated rings. The smallest absolute Gasteiger partial charge is 0.228 e. The number of hydrogen-bond donors (Lipinski definition) is 2. The van der Waals surface area contributed by atoms with Crippen LogP contribution >= 0.6 is 0 Å². The molecule has 0 spiro atoms. The van der Waals surface area contributed by atoms with Crippen LogP contribution in [0.15, 0.2) is 18.5 Å². The van der Waals surface area contributed by atoms with Gasteiger partial charge in [0.1, 0.15) is 17.2 Å². The van der Waals surface area contributed by atoms with Crippen LogP contribution in [0.4, 0.5) is 21.7 Å². The fraction of sp³-hybridized carbons (Fsp3) is 0.435. The molecule has 0 saturated heterocycles. The van der Waals surface area contributed by atoms with Crippen LogP contribution in [0.2, 0.25) is 0 Å². The summed E-state index contributed by atoms with van der Waals surface area (Å²) >= 11 is 0. The lowest BCUT2D eigenvalue weighted by Gasteiger charge is -2.25. The number of nitrogens with zero attached hydrogens (tertiary/aromatic N) is 4. The van der Waals surface area contributed by atoms with Crippen molar-refractivity contribution in [3.63, 3.8) is 0 Å². The molecule has 0 atom stereocenters. The van der Waals surface area contributed by atoms with E-state index in [0.29, 0.717) is 45.9 Å². The number of nitrogens with one attached hydrogen (secondary N) is 2. The van der Waals surface area contributed by atoms with Gasteiger partial charge in [0.25, 0.3) is 0 Å². The Morgan fingerprint density at radius 3 is 2.62 bits per heavy atom. The highest BCUT2D eigenvalue weighted by Crippen LogP contribution is 2.37. The lowest BCUT2D eigenvalue weighted by molar-refractivity contribution is -0.117. The van der Waals surface area contributed by atoms with Gasteiger partial charge in [0.15, 0.2) is 5.82 Å². The van der Waals surface area contributed by atoms with E-state index in [1.807, 2.05) is 19.9 Å². The lowest BCUT2D eigenvalue weighted by atomic mass is 10.0. The molecule has 1 amide bonds. The molecule has 4 rings (SSSR count). The quantitative estimate of drug-likeness (QED) is 0.502. The molecular formula is C23H29FN6O3S. The summed E-state index contributed by atoms with van der Waals surface area (Å²) in [4.78, 5) is 26.2. The lowest BCUT2D eigenvalue weighted by Crippen LogP contribution is -2.25. The molecule has 1 saturated carbocycles. The number of carbonyl (C=O) groups is 1. The van der Waals surface area contributed by atoms with Crippen LogP contribution in [0, 0.1) is 18.7 Å². The average Bonchev–Trinajstić information content (AvgIpc) is 3.50. The highest BCUT2D eigenvalue weighted by molar-refractivity contribution is 7.88. The second kappa shape index (κ2) is 8.95. The van der Waals surface area contributed by atoms with Gasteiger partial charge in [-0.1, -0.05) is 13.0 Å². The van der Waals surface area contributed by atoms with Crippen LogP contribution in [-0.2, 0) is 27.8 Å². The highest BCUT2D eigenvalue weighted by atomic mass is 32.2. The monoisotopic (exact) mass is 488 g/mol. The number of H-pyrrole nitrogens is 1. The molecule has 2 aromatic heterocycles. The van der Waals surface area contributed by atoms with Crippen molar-refractivity contribution in [2.24, 2.45) is 5.92 Å². The normalized spacial score (nSPS) is 14.1. The molecule has 182 valence electrons. The van der Waals surface area contributed by atoms with Crippen molar-refractivity contribution in [1.29, 1.82) is 0 Å². The number of sulfonamides is 1. The zero-order valence-corrected chi connectivity index (χ0v) is 20.8. The average molecular weight is 489 g/mol. The Bertz CT molecular complexity index is 1370. The fourth-order valence-corrected chi connectivity index (χ4v) is 4.41. The van der Waals surface area contributed by atoms with Crippen molar-refractivity contribution in [2.75, 3.05) is 30.6 Å². The number of benzene rings is 1. The molecule has 0 aliphatic heterocycles. The standard InChI is InChI=1S/C23H29FN6O3S/c1-6-15-9-14(11-29(3)34(5,32)33)10-17(24)20(15)30(4)22-13(2)18-19(26-12-25-18)21(27-22)28-23(31)16-7-8-16/h9-10,12,16H,6-8,11H2,1-5H3,(H,25,26)(H,27,28,31). The SMILES string of the molecule is CCc1cc(CN(C)S(C)(=O)=O)cc(F)c1N(C)c1nc(NC(=O)C2CC2)c2[nH]cnc2c1C. The Labute approximate surface area is 198 Å². The minimum Gasteiger partial charge on any atom is -0.342 e. The molecule has 0 unspecified atom stereocenters. The van der Waals surface area contributed by atoms with E-state index in [-0.39, 0.29) is 18.4 Å². The number of amides is 1. The molecule has 3 aromatic rings. The van der Waals surface area contributed by atoms with E-state index in [1.54, 1.807) is 18.3 Å². The zero-order chi connectivity index (χ0) is 24.8. The number of hydrogen-bond acceptors (Lipinski definition) is 6. The number of aromatic nitrogens is 3. The Kier molecular flexibility index (Phi) is 6.34. The van der Waals surface area contributed by atoms with Gasteiger partial charge >= 0.3 is 0 Å². The third-order valence-electron chi connectivity index (χ3n) is 6.18. The summed E-state index contributed by atoms with van der Waals surface area (Å²) in [7, 11) is -0.211. The van der Waals surface area contributed by atoms with Crippen molar-refractivity contribution in [1.82, 2.24) is 19.3 Å². The van der Waals surface area contributed by atoms with Gasteiger partial charge in [0, 0.05) is 32.1 Å². The number of fused-ring (bicyclic) bond motifs is 1. The first kappa shape index (κ1) is 24.1. The first-order valence-electron chi connectivity index (χ1n) is 11.1. The number of carbonyl (C=O) groups excluding carboxylic acids is 1. The van der Waals surface area contributed by atoms with Crippen molar-refractivity contribution in [2.45, 2.75) is 39.7 Å². The van der Waals surface area contributed by atoms with Crippen molar-refractivity contribution in [3.05, 3.63) is 41.0 Å². The Hall–Kier alpha value is -3.05. The second-order valence-electron chi connectivity index (χ2n) is 8.82. The molecule has 9 nitrogen and oxygen atoms in total. The van der Waals surface area contributed by atoms with Gasteiger partial charge in [0.05, 0.1) is 23.8 Å². The number of rotatable bonds is 8. The molecular weight excluding hydrogens is 459 g/mol. The molecule has 0 radical (unpaired) electrons. The van der Waals surface area contributed by atoms with E-state index in [0.717, 1.165) is 24.7 Å². The number of imidazole rings is 1. The van der Waals surface area contributed by atoms with E-state index in [1.165, 1.54) is 17.4 Å². The van der Waals surface area contributed by atoms with Gasteiger partial charge < -0.3 is 15.2 Å². The first-order valence-corrected chi connectivity index (χ1v) is 13.0. The Balaban J connectivity index is 1.76. The van der Waals surface area contributed by atoms with Crippen LogP contribution in [0.25, 0.3) is 11.0 Å². The van der Waals surface area contributed by atoms with E-state index < -0.39 is 15.8 Å². The summed E-state index contributed by atoms with van der Waals surface area (Å²) in [5.41, 5.74) is 3.63. The maximum Gasteiger partial charge on any atom is 0.228 e. The minimum atomic E-state index is -3.39. The summed E-state index contributed by atoms with van der Waals surface area (Å²) in [6, 6.07) is 3.17. The molecule has 1 aliphatic carbocycles. The van der Waals surface area contributed by atoms with E-state index in [2.05, 4.69) is 20.3 Å². The molecule has 2 N–H and O–H groups in total. The van der Waals surface area contributed by atoms with Crippen LogP contribution < -0.4 is 10.2 Å². The molecule has 1 aromatic carbocycles. The maximum absolute atomic E-state index is 15.5. The van der Waals surface area contributed by atoms with Crippen LogP contribution in [0.1, 0.15) is 36.5 Å². The topological polar surface area (TPSA) is 111 Å². The summed E-state index contributed by atoms with van der Waals surface area (Å²) in [6.07, 6.45) is 4.92. The number of anilines is 3. The number of aryl methyl sites for hydroxylation is 2. The Morgan fingerprint density at radius 2 is 2.00 bits per heavy atom. The third-order valence-corrected chi connectivity index (χ3v) is 7.44. The van der Waals surface area contributed by atoms with Crippen molar-refractivity contribution < 1.29 is 17.6 Å². The molecule has 0 bridgehead atoms. The van der Waals surface area contributed by atoms with E-state index in [4.69, 9.17) is 0 Å². The van der Waals surface area contributed by atoms with E-state index in [9.17, 15) is 13.2 Å². The van der Waals surface area contributed by atoms with Crippen molar-refractivity contribution in [3.8, 4) is 0 Å². The summed E-state index contributed by atoms with van der Waals surface area (Å²) in [6.45, 7) is 3.84. The van der Waals surface area contributed by atoms with Gasteiger partial charge in [-0.2, -0.15) is 0 Å². The summed E-state index contributed by atoms with van der Waals surface area (Å²) in [5, 5.41) is 2.89. The second-order valence-corrected chi connectivity index (χ2v) is 10.9. The van der Waals surface area contributed by atoms with Crippen LogP contribution in [0.3, 0.4) is 0 Å². The predicted octanol–water partition coefficient (Wildman–Crippen LogP) is 3.48. The molecule has 1 aliphatic rings.